The van der Waals surface area contributed by atoms with Crippen molar-refractivity contribution >= 4 is 31.7 Å². The van der Waals surface area contributed by atoms with Crippen LogP contribution in [0.5, 0.6) is 0 Å². The largest absolute Gasteiger partial charge is 0.443 e. The maximum absolute atomic E-state index is 14.2. The summed E-state index contributed by atoms with van der Waals surface area (Å²) in [6.45, 7) is 16.9. The molecule has 0 aliphatic carbocycles. The molecule has 1 aliphatic rings. The van der Waals surface area contributed by atoms with Crippen molar-refractivity contribution in [2.24, 2.45) is 11.0 Å². The number of hydrazone groups is 1. The molecule has 39 heavy (non-hydrogen) atoms. The van der Waals surface area contributed by atoms with E-state index in [9.17, 15) is 18.4 Å². The van der Waals surface area contributed by atoms with Crippen molar-refractivity contribution < 1.29 is 27.5 Å². The molecule has 3 rings (SSSR count). The maximum atomic E-state index is 14.2. The van der Waals surface area contributed by atoms with Crippen LogP contribution in [-0.2, 0) is 9.16 Å². The second-order valence-corrected chi connectivity index (χ2v) is 17.1. The molecule has 1 atom stereocenters. The van der Waals surface area contributed by atoms with Gasteiger partial charge in [0.1, 0.15) is 17.2 Å². The van der Waals surface area contributed by atoms with Crippen LogP contribution in [0, 0.1) is 17.6 Å². The number of hydrogen-bond donors (Lipinski definition) is 1. The molecule has 2 amide bonds. The summed E-state index contributed by atoms with van der Waals surface area (Å²) in [6, 6.07) is 9.87. The molecule has 1 aliphatic heterocycles. The highest BCUT2D eigenvalue weighted by Gasteiger charge is 2.39. The van der Waals surface area contributed by atoms with Gasteiger partial charge in [0.05, 0.1) is 17.0 Å². The van der Waals surface area contributed by atoms with Gasteiger partial charge in [0.2, 0.25) is 0 Å². The minimum atomic E-state index is -2.04. The van der Waals surface area contributed by atoms with E-state index in [1.807, 2.05) is 6.07 Å². The van der Waals surface area contributed by atoms with E-state index in [2.05, 4.69) is 44.4 Å². The number of nitrogens with zero attached hydrogens (tertiary/aromatic N) is 2. The van der Waals surface area contributed by atoms with Crippen LogP contribution in [0.3, 0.4) is 0 Å². The molecule has 0 aromatic heterocycles. The number of carbonyl (C=O) groups is 2. The summed E-state index contributed by atoms with van der Waals surface area (Å²) in [6.07, 6.45) is 0.0265. The fraction of sp³-hybridized carbons (Fsp3) is 0.483. The van der Waals surface area contributed by atoms with Crippen molar-refractivity contribution in [3.63, 3.8) is 0 Å². The van der Waals surface area contributed by atoms with Crippen LogP contribution in [0.25, 0.3) is 0 Å². The fourth-order valence-electron chi connectivity index (χ4n) is 3.94. The fourth-order valence-corrected chi connectivity index (χ4v) is 5.00. The minimum Gasteiger partial charge on any atom is -0.443 e. The zero-order valence-electron chi connectivity index (χ0n) is 24.0. The first-order chi connectivity index (χ1) is 18.0. The number of rotatable bonds is 6. The lowest BCUT2D eigenvalue weighted by Crippen LogP contribution is -2.47. The van der Waals surface area contributed by atoms with E-state index in [1.54, 1.807) is 43.9 Å². The molecular weight excluding hydrogens is 520 g/mol. The molecule has 1 unspecified atom stereocenters. The van der Waals surface area contributed by atoms with Crippen LogP contribution in [0.1, 0.15) is 63.9 Å². The predicted octanol–water partition coefficient (Wildman–Crippen LogP) is 6.88. The van der Waals surface area contributed by atoms with Gasteiger partial charge in [-0.15, -0.1) is 0 Å². The van der Waals surface area contributed by atoms with E-state index < -0.39 is 43.1 Å². The van der Waals surface area contributed by atoms with Gasteiger partial charge in [-0.3, -0.25) is 9.69 Å². The van der Waals surface area contributed by atoms with Crippen molar-refractivity contribution in [2.45, 2.75) is 71.7 Å². The van der Waals surface area contributed by atoms with Crippen LogP contribution in [0.15, 0.2) is 47.6 Å². The van der Waals surface area contributed by atoms with E-state index in [0.717, 1.165) is 18.2 Å². The first-order valence-corrected chi connectivity index (χ1v) is 16.0. The molecule has 0 saturated heterocycles. The Labute approximate surface area is 230 Å². The van der Waals surface area contributed by atoms with E-state index in [4.69, 9.17) is 9.16 Å². The van der Waals surface area contributed by atoms with Crippen LogP contribution in [-0.4, -0.2) is 44.8 Å². The van der Waals surface area contributed by atoms with Gasteiger partial charge in [-0.25, -0.2) is 19.0 Å². The van der Waals surface area contributed by atoms with Crippen molar-refractivity contribution in [1.29, 1.82) is 0 Å². The highest BCUT2D eigenvalue weighted by atomic mass is 28.4. The third-order valence-electron chi connectivity index (χ3n) is 7.06. The summed E-state index contributed by atoms with van der Waals surface area (Å²) < 4.78 is 40.0. The number of hydrogen-bond acceptors (Lipinski definition) is 5. The van der Waals surface area contributed by atoms with E-state index >= 15 is 0 Å². The van der Waals surface area contributed by atoms with Gasteiger partial charge in [0.15, 0.2) is 8.32 Å². The van der Waals surface area contributed by atoms with E-state index in [1.165, 1.54) is 0 Å². The van der Waals surface area contributed by atoms with Crippen molar-refractivity contribution in [2.75, 3.05) is 18.1 Å². The molecule has 1 heterocycles. The number of anilines is 1. The second kappa shape index (κ2) is 11.6. The summed E-state index contributed by atoms with van der Waals surface area (Å²) >= 11 is 0. The summed E-state index contributed by atoms with van der Waals surface area (Å²) in [4.78, 5) is 27.5. The monoisotopic (exact) mass is 559 g/mol. The van der Waals surface area contributed by atoms with Crippen LogP contribution in [0.4, 0.5) is 19.3 Å². The normalized spacial score (nSPS) is 17.1. The number of nitrogens with one attached hydrogen (secondary N) is 1. The van der Waals surface area contributed by atoms with Gasteiger partial charge in [0, 0.05) is 24.6 Å². The Kier molecular flexibility index (Phi) is 9.01. The predicted molar refractivity (Wildman–Crippen MR) is 152 cm³/mol. The molecule has 2 aromatic rings. The smallest absolute Gasteiger partial charge is 0.414 e. The molecular formula is C29H39F2N3O4Si. The Bertz CT molecular complexity index is 1250. The first-order valence-electron chi connectivity index (χ1n) is 13.1. The summed E-state index contributed by atoms with van der Waals surface area (Å²) in [7, 11) is -2.04. The molecule has 212 valence electrons. The van der Waals surface area contributed by atoms with Crippen molar-refractivity contribution in [3.8, 4) is 0 Å². The van der Waals surface area contributed by atoms with Gasteiger partial charge in [0.25, 0.3) is 5.91 Å². The van der Waals surface area contributed by atoms with Crippen LogP contribution < -0.4 is 10.3 Å². The molecule has 0 saturated carbocycles. The number of carbonyl (C=O) groups excluding carboxylic acids is 2. The zero-order chi connectivity index (χ0) is 29.2. The third-order valence-corrected chi connectivity index (χ3v) is 11.6. The zero-order valence-corrected chi connectivity index (χ0v) is 25.0. The standard InChI is InChI=1S/C29H39F2N3O4Si/c1-28(2,3)38-27(36)34-18-19(15-16-37-39(7,8)29(4,5)6)25(21-11-9-10-12-24(21)34)32-33-26(35)22-17-20(30)13-14-23(22)31/h9-14,17,19H,15-16,18H2,1-8H3,(H,33,35)/b32-25+. The summed E-state index contributed by atoms with van der Waals surface area (Å²) in [5.74, 6) is -2.78. The summed E-state index contributed by atoms with van der Waals surface area (Å²) in [5, 5.41) is 4.41. The third kappa shape index (κ3) is 7.51. The van der Waals surface area contributed by atoms with Crippen LogP contribution >= 0.6 is 0 Å². The maximum Gasteiger partial charge on any atom is 0.414 e. The molecule has 1 N–H and O–H groups in total. The average Bonchev–Trinajstić information content (AvgIpc) is 2.82. The van der Waals surface area contributed by atoms with Crippen molar-refractivity contribution in [1.82, 2.24) is 5.43 Å². The van der Waals surface area contributed by atoms with E-state index in [-0.39, 0.29) is 17.5 Å². The van der Waals surface area contributed by atoms with Gasteiger partial charge in [-0.1, -0.05) is 39.0 Å². The molecule has 0 spiro atoms. The number of benzene rings is 2. The second-order valence-electron chi connectivity index (χ2n) is 12.3. The Morgan fingerprint density at radius 1 is 1.08 bits per heavy atom. The number of halogens is 2. The lowest BCUT2D eigenvalue weighted by Gasteiger charge is -2.38. The SMILES string of the molecule is CC(C)(C)OC(=O)N1CC(CCO[Si](C)(C)C(C)(C)C)/C(=N\NC(=O)c2cc(F)ccc2F)c2ccccc21. The molecule has 0 radical (unpaired) electrons. The average molecular weight is 560 g/mol. The molecule has 0 fully saturated rings. The number of para-hydroxylation sites is 1. The molecule has 0 bridgehead atoms. The first kappa shape index (κ1) is 30.4. The number of amides is 2. The minimum absolute atomic E-state index is 0.0225. The number of ether oxygens (including phenoxy) is 1. The Morgan fingerprint density at radius 2 is 1.74 bits per heavy atom. The topological polar surface area (TPSA) is 80.2 Å². The van der Waals surface area contributed by atoms with Gasteiger partial charge >= 0.3 is 6.09 Å². The van der Waals surface area contributed by atoms with Crippen molar-refractivity contribution in [3.05, 3.63) is 65.2 Å². The van der Waals surface area contributed by atoms with Gasteiger partial charge in [-0.05, 0) is 69.6 Å². The van der Waals surface area contributed by atoms with Gasteiger partial charge in [-0.2, -0.15) is 5.10 Å². The molecule has 10 heteroatoms. The highest BCUT2D eigenvalue weighted by molar-refractivity contribution is 6.74. The Hall–Kier alpha value is -3.11. The molecule has 2 aromatic carbocycles. The molecule has 7 nitrogen and oxygen atoms in total. The summed E-state index contributed by atoms with van der Waals surface area (Å²) in [5.41, 5.74) is 2.99. The van der Waals surface area contributed by atoms with Crippen LogP contribution in [0.2, 0.25) is 18.1 Å². The Morgan fingerprint density at radius 3 is 2.38 bits per heavy atom. The van der Waals surface area contributed by atoms with E-state index in [0.29, 0.717) is 30.0 Å². The number of fused-ring (bicyclic) bond motifs is 1. The van der Waals surface area contributed by atoms with Gasteiger partial charge < -0.3 is 9.16 Å². The lowest BCUT2D eigenvalue weighted by molar-refractivity contribution is 0.0574. The Balaban J connectivity index is 1.97. The highest BCUT2D eigenvalue weighted by Crippen LogP contribution is 2.37. The lowest BCUT2D eigenvalue weighted by atomic mass is 9.88. The quantitative estimate of drug-likeness (QED) is 0.309.